The van der Waals surface area contributed by atoms with Crippen molar-refractivity contribution >= 4 is 43.1 Å². The Morgan fingerprint density at radius 3 is 2.43 bits per heavy atom. The average Bonchev–Trinajstić information content (AvgIpc) is 2.70. The maximum atomic E-state index is 12.4. The third-order valence-corrected chi connectivity index (χ3v) is 14.0. The van der Waals surface area contributed by atoms with E-state index in [0.717, 1.165) is 17.2 Å². The van der Waals surface area contributed by atoms with Gasteiger partial charge in [-0.05, 0) is 0 Å². The Morgan fingerprint density at radius 1 is 1.50 bits per heavy atom. The molecule has 0 aliphatic carbocycles. The van der Waals surface area contributed by atoms with Crippen LogP contribution < -0.4 is 0 Å². The molecule has 0 aliphatic heterocycles. The Morgan fingerprint density at radius 2 is 2.07 bits per heavy atom. The van der Waals surface area contributed by atoms with Gasteiger partial charge >= 0.3 is 103 Å². The third kappa shape index (κ3) is 2.20. The van der Waals surface area contributed by atoms with E-state index in [1.165, 1.54) is 0 Å². The molecule has 0 amide bonds. The van der Waals surface area contributed by atoms with Gasteiger partial charge in [0.15, 0.2) is 0 Å². The average molecular weight is 342 g/mol. The van der Waals surface area contributed by atoms with Crippen LogP contribution in [0.2, 0.25) is 0 Å². The van der Waals surface area contributed by atoms with E-state index in [2.05, 4.69) is 42.6 Å². The first-order chi connectivity index (χ1) is 6.43. The number of rotatable bonds is 4. The molecule has 0 saturated carbocycles. The number of carbonyl (C=O) groups is 1. The monoisotopic (exact) mass is 342 g/mol. The summed E-state index contributed by atoms with van der Waals surface area (Å²) in [5.41, 5.74) is 0.400. The van der Waals surface area contributed by atoms with Gasteiger partial charge in [-0.25, -0.2) is 0 Å². The second-order valence-corrected chi connectivity index (χ2v) is 18.6. The van der Waals surface area contributed by atoms with E-state index in [1.54, 1.807) is 11.3 Å². The summed E-state index contributed by atoms with van der Waals surface area (Å²) in [6.45, 7) is 6.47. The SMILES string of the molecule is CCP(C)(I)(CC)C(=O)c1cccs1. The van der Waals surface area contributed by atoms with Crippen LogP contribution in [0.1, 0.15) is 23.5 Å². The van der Waals surface area contributed by atoms with E-state index in [0.29, 0.717) is 5.52 Å². The van der Waals surface area contributed by atoms with Gasteiger partial charge in [-0.15, -0.1) is 0 Å². The molecule has 1 heterocycles. The summed E-state index contributed by atoms with van der Waals surface area (Å²) in [5, 5.41) is 1.98. The molecule has 0 radical (unpaired) electrons. The maximum absolute atomic E-state index is 12.4. The second kappa shape index (κ2) is 4.18. The first-order valence-electron chi connectivity index (χ1n) is 4.74. The van der Waals surface area contributed by atoms with Crippen LogP contribution in [0.3, 0.4) is 0 Å². The molecule has 1 aromatic heterocycles. The van der Waals surface area contributed by atoms with Gasteiger partial charge in [-0.3, -0.25) is 0 Å². The number of halogens is 1. The number of thiophene rings is 1. The zero-order valence-corrected chi connectivity index (χ0v) is 12.7. The topological polar surface area (TPSA) is 17.1 Å². The van der Waals surface area contributed by atoms with Crippen LogP contribution in [-0.4, -0.2) is 24.5 Å². The van der Waals surface area contributed by atoms with Gasteiger partial charge in [0, 0.05) is 0 Å². The summed E-state index contributed by atoms with van der Waals surface area (Å²) in [5.74, 6) is 0. The summed E-state index contributed by atoms with van der Waals surface area (Å²) in [6, 6.07) is 3.90. The van der Waals surface area contributed by atoms with Crippen molar-refractivity contribution < 1.29 is 4.79 Å². The Bertz CT molecular complexity index is 324. The molecule has 0 aromatic carbocycles. The number of hydrogen-bond donors (Lipinski definition) is 0. The molecule has 0 saturated heterocycles. The fraction of sp³-hybridized carbons (Fsp3) is 0.500. The molecule has 1 rings (SSSR count). The zero-order chi connectivity index (χ0) is 10.8. The fourth-order valence-corrected chi connectivity index (χ4v) is 5.72. The molecular formula is C10H16IOPS. The zero-order valence-electron chi connectivity index (χ0n) is 8.79. The molecular weight excluding hydrogens is 326 g/mol. The van der Waals surface area contributed by atoms with Gasteiger partial charge in [0.2, 0.25) is 0 Å². The molecule has 0 atom stereocenters. The molecule has 0 bridgehead atoms. The van der Waals surface area contributed by atoms with Crippen LogP contribution in [0.25, 0.3) is 0 Å². The second-order valence-electron chi connectivity index (χ2n) is 3.80. The van der Waals surface area contributed by atoms with Crippen molar-refractivity contribution in [3.05, 3.63) is 22.4 Å². The Kier molecular flexibility index (Phi) is 3.77. The minimum atomic E-state index is -2.14. The van der Waals surface area contributed by atoms with Gasteiger partial charge in [0.05, 0.1) is 0 Å². The van der Waals surface area contributed by atoms with E-state index in [-0.39, 0.29) is 0 Å². The minimum absolute atomic E-state index is 0.400. The van der Waals surface area contributed by atoms with E-state index < -0.39 is 4.25 Å². The normalized spacial score (nSPS) is 14.7. The van der Waals surface area contributed by atoms with E-state index in [9.17, 15) is 4.79 Å². The molecule has 0 fully saturated rings. The Labute approximate surface area is 103 Å². The molecule has 1 nitrogen and oxygen atoms in total. The predicted octanol–water partition coefficient (Wildman–Crippen LogP) is 4.46. The molecule has 0 spiro atoms. The van der Waals surface area contributed by atoms with Crippen LogP contribution in [0.5, 0.6) is 0 Å². The van der Waals surface area contributed by atoms with Crippen molar-refractivity contribution in [2.24, 2.45) is 0 Å². The third-order valence-electron chi connectivity index (χ3n) is 2.93. The van der Waals surface area contributed by atoms with E-state index >= 15 is 0 Å². The van der Waals surface area contributed by atoms with Crippen LogP contribution >= 0.6 is 37.6 Å². The standard InChI is InChI=1S/C10H16IOPS/c1-4-13(3,11,5-2)10(12)9-7-6-8-14-9/h6-8H,4-5H2,1-3H3. The summed E-state index contributed by atoms with van der Waals surface area (Å²) >= 11 is 4.02. The van der Waals surface area contributed by atoms with Crippen LogP contribution in [0, 0.1) is 0 Å². The quantitative estimate of drug-likeness (QED) is 0.583. The van der Waals surface area contributed by atoms with E-state index in [4.69, 9.17) is 0 Å². The number of carbonyl (C=O) groups excluding carboxylic acids is 1. The molecule has 0 N–H and O–H groups in total. The van der Waals surface area contributed by atoms with Gasteiger partial charge in [0.1, 0.15) is 0 Å². The van der Waals surface area contributed by atoms with Gasteiger partial charge < -0.3 is 0 Å². The van der Waals surface area contributed by atoms with Crippen molar-refractivity contribution in [2.75, 3.05) is 19.0 Å². The molecule has 0 unspecified atom stereocenters. The summed E-state index contributed by atoms with van der Waals surface area (Å²) in [7, 11) is 0. The van der Waals surface area contributed by atoms with Crippen molar-refractivity contribution in [1.29, 1.82) is 0 Å². The first kappa shape index (κ1) is 12.6. The molecule has 80 valence electrons. The van der Waals surface area contributed by atoms with Crippen LogP contribution in [-0.2, 0) is 0 Å². The fourth-order valence-electron chi connectivity index (χ4n) is 1.22. The Hall–Kier alpha value is 0.530. The van der Waals surface area contributed by atoms with Crippen molar-refractivity contribution in [3.8, 4) is 0 Å². The summed E-state index contributed by atoms with van der Waals surface area (Å²) < 4.78 is -2.14. The molecule has 0 aliphatic rings. The first-order valence-corrected chi connectivity index (χ1v) is 11.5. The van der Waals surface area contributed by atoms with Crippen LogP contribution in [0.4, 0.5) is 0 Å². The molecule has 4 heteroatoms. The number of hydrogen-bond acceptors (Lipinski definition) is 2. The van der Waals surface area contributed by atoms with Gasteiger partial charge in [-0.2, -0.15) is 0 Å². The predicted molar refractivity (Wildman–Crippen MR) is 76.6 cm³/mol. The summed E-state index contributed by atoms with van der Waals surface area (Å²) in [6.07, 6.45) is 2.00. The van der Waals surface area contributed by atoms with Crippen molar-refractivity contribution in [3.63, 3.8) is 0 Å². The van der Waals surface area contributed by atoms with Crippen LogP contribution in [0.15, 0.2) is 17.5 Å². The van der Waals surface area contributed by atoms with Gasteiger partial charge in [0.25, 0.3) is 0 Å². The van der Waals surface area contributed by atoms with Crippen molar-refractivity contribution in [1.82, 2.24) is 0 Å². The van der Waals surface area contributed by atoms with Gasteiger partial charge in [-0.1, -0.05) is 0 Å². The molecule has 14 heavy (non-hydrogen) atoms. The Balaban J connectivity index is 3.10. The summed E-state index contributed by atoms with van der Waals surface area (Å²) in [4.78, 5) is 13.3. The molecule has 1 aromatic rings. The van der Waals surface area contributed by atoms with E-state index in [1.807, 2.05) is 17.5 Å². The van der Waals surface area contributed by atoms with Crippen molar-refractivity contribution in [2.45, 2.75) is 13.8 Å².